The zero-order valence-electron chi connectivity index (χ0n) is 8.08. The van der Waals surface area contributed by atoms with Crippen LogP contribution in [0.15, 0.2) is 0 Å². The van der Waals surface area contributed by atoms with Gasteiger partial charge < -0.3 is 0 Å². The van der Waals surface area contributed by atoms with E-state index in [9.17, 15) is 0 Å². The predicted molar refractivity (Wildman–Crippen MR) is 65.2 cm³/mol. The highest BCUT2D eigenvalue weighted by Crippen LogP contribution is 2.67. The molecular formula is C9H15NS3. The molecule has 13 heavy (non-hydrogen) atoms. The number of thioether (sulfide) groups is 3. The molecule has 0 N–H and O–H groups in total. The molecule has 4 heteroatoms. The highest BCUT2D eigenvalue weighted by Gasteiger charge is 2.57. The zero-order valence-corrected chi connectivity index (χ0v) is 10.5. The molecule has 1 fully saturated rings. The number of nitriles is 1. The fraction of sp³-hybridized carbons (Fsp3) is 0.889. The maximum Gasteiger partial charge on any atom is 0.133 e. The first-order valence-electron chi connectivity index (χ1n) is 4.64. The van der Waals surface area contributed by atoms with Crippen LogP contribution in [0.2, 0.25) is 0 Å². The number of hydrogen-bond donors (Lipinski definition) is 0. The summed E-state index contributed by atoms with van der Waals surface area (Å²) in [4.78, 5) is 0. The fourth-order valence-corrected chi connectivity index (χ4v) is 5.60. The summed E-state index contributed by atoms with van der Waals surface area (Å²) in [6.07, 6.45) is 2.41. The highest BCUT2D eigenvalue weighted by molar-refractivity contribution is 8.40. The standard InChI is InChI=1S/C9H15NS3/c1-3-5-11-9(12-6-4-2)8(7-10)13-9/h8H,3-6H2,1-2H3. The van der Waals surface area contributed by atoms with Crippen LogP contribution >= 0.6 is 35.3 Å². The Balaban J connectivity index is 2.34. The third-order valence-corrected chi connectivity index (χ3v) is 7.47. The maximum atomic E-state index is 8.84. The summed E-state index contributed by atoms with van der Waals surface area (Å²) >= 11 is 5.76. The van der Waals surface area contributed by atoms with Gasteiger partial charge in [-0.25, -0.2) is 0 Å². The molecule has 1 rings (SSSR count). The van der Waals surface area contributed by atoms with Crippen molar-refractivity contribution in [3.63, 3.8) is 0 Å². The highest BCUT2D eigenvalue weighted by atomic mass is 32.3. The molecule has 0 spiro atoms. The van der Waals surface area contributed by atoms with Crippen LogP contribution in [0.25, 0.3) is 0 Å². The van der Waals surface area contributed by atoms with Crippen molar-refractivity contribution in [3.05, 3.63) is 0 Å². The van der Waals surface area contributed by atoms with E-state index in [4.69, 9.17) is 5.26 Å². The normalized spacial score (nSPS) is 23.9. The molecule has 0 aromatic rings. The quantitative estimate of drug-likeness (QED) is 0.517. The second-order valence-corrected chi connectivity index (χ2v) is 7.74. The molecule has 1 atom stereocenters. The van der Waals surface area contributed by atoms with Crippen LogP contribution in [0.3, 0.4) is 0 Å². The van der Waals surface area contributed by atoms with Crippen molar-refractivity contribution in [2.24, 2.45) is 0 Å². The minimum absolute atomic E-state index is 0.209. The van der Waals surface area contributed by atoms with E-state index in [1.807, 2.05) is 35.3 Å². The molecular weight excluding hydrogens is 218 g/mol. The van der Waals surface area contributed by atoms with Crippen LogP contribution in [-0.4, -0.2) is 20.2 Å². The Morgan fingerprint density at radius 3 is 2.15 bits per heavy atom. The van der Waals surface area contributed by atoms with Gasteiger partial charge in [-0.2, -0.15) is 5.26 Å². The van der Waals surface area contributed by atoms with Gasteiger partial charge in [0.25, 0.3) is 0 Å². The van der Waals surface area contributed by atoms with E-state index in [0.29, 0.717) is 0 Å². The smallest absolute Gasteiger partial charge is 0.133 e. The van der Waals surface area contributed by atoms with E-state index in [1.165, 1.54) is 24.3 Å². The molecule has 0 aliphatic carbocycles. The van der Waals surface area contributed by atoms with Crippen molar-refractivity contribution >= 4 is 35.3 Å². The van der Waals surface area contributed by atoms with Gasteiger partial charge in [-0.3, -0.25) is 0 Å². The van der Waals surface area contributed by atoms with Crippen LogP contribution in [-0.2, 0) is 0 Å². The van der Waals surface area contributed by atoms with Crippen molar-refractivity contribution in [2.45, 2.75) is 35.4 Å². The van der Waals surface area contributed by atoms with Crippen molar-refractivity contribution in [3.8, 4) is 6.07 Å². The Morgan fingerprint density at radius 2 is 1.85 bits per heavy atom. The Labute approximate surface area is 93.4 Å². The van der Waals surface area contributed by atoms with Crippen LogP contribution in [0, 0.1) is 11.3 Å². The van der Waals surface area contributed by atoms with Gasteiger partial charge in [0.1, 0.15) is 8.66 Å². The molecule has 1 nitrogen and oxygen atoms in total. The molecule has 0 bridgehead atoms. The topological polar surface area (TPSA) is 23.8 Å². The largest absolute Gasteiger partial charge is 0.197 e. The zero-order chi connectivity index (χ0) is 9.73. The van der Waals surface area contributed by atoms with Crippen LogP contribution in [0.1, 0.15) is 26.7 Å². The van der Waals surface area contributed by atoms with Crippen molar-refractivity contribution in [1.29, 1.82) is 5.26 Å². The van der Waals surface area contributed by atoms with E-state index in [1.54, 1.807) is 0 Å². The SMILES string of the molecule is CCCSC1(SCCC)SC1C#N. The van der Waals surface area contributed by atoms with E-state index in [-0.39, 0.29) is 8.66 Å². The summed E-state index contributed by atoms with van der Waals surface area (Å²) in [7, 11) is 0. The van der Waals surface area contributed by atoms with Crippen molar-refractivity contribution in [2.75, 3.05) is 11.5 Å². The third-order valence-electron chi connectivity index (χ3n) is 1.68. The minimum atomic E-state index is 0.209. The summed E-state index contributed by atoms with van der Waals surface area (Å²) in [6.45, 7) is 4.39. The van der Waals surface area contributed by atoms with Crippen LogP contribution in [0.5, 0.6) is 0 Å². The minimum Gasteiger partial charge on any atom is -0.197 e. The molecule has 0 amide bonds. The Hall–Kier alpha value is 0.540. The van der Waals surface area contributed by atoms with Gasteiger partial charge >= 0.3 is 0 Å². The summed E-state index contributed by atoms with van der Waals surface area (Å²) in [5.41, 5.74) is 0. The lowest BCUT2D eigenvalue weighted by Crippen LogP contribution is -2.05. The molecule has 0 aromatic carbocycles. The van der Waals surface area contributed by atoms with Crippen LogP contribution < -0.4 is 0 Å². The van der Waals surface area contributed by atoms with Gasteiger partial charge in [-0.05, 0) is 24.3 Å². The van der Waals surface area contributed by atoms with Gasteiger partial charge in [0, 0.05) is 0 Å². The molecule has 1 saturated heterocycles. The lowest BCUT2D eigenvalue weighted by Gasteiger charge is -2.11. The predicted octanol–water partition coefficient (Wildman–Crippen LogP) is 3.57. The van der Waals surface area contributed by atoms with Crippen molar-refractivity contribution < 1.29 is 0 Å². The lowest BCUT2D eigenvalue weighted by molar-refractivity contribution is 1.09. The second-order valence-electron chi connectivity index (χ2n) is 2.93. The van der Waals surface area contributed by atoms with E-state index < -0.39 is 0 Å². The molecule has 1 aliphatic heterocycles. The monoisotopic (exact) mass is 233 g/mol. The van der Waals surface area contributed by atoms with Gasteiger partial charge in [0.05, 0.1) is 6.07 Å². The summed E-state index contributed by atoms with van der Waals surface area (Å²) in [5, 5.41) is 9.08. The maximum absolute atomic E-state index is 8.84. The first-order valence-corrected chi connectivity index (χ1v) is 7.49. The number of rotatable bonds is 6. The van der Waals surface area contributed by atoms with Gasteiger partial charge in [0.15, 0.2) is 0 Å². The number of nitrogens with zero attached hydrogens (tertiary/aromatic N) is 1. The van der Waals surface area contributed by atoms with Gasteiger partial charge in [-0.1, -0.05) is 13.8 Å². The molecule has 1 unspecified atom stereocenters. The molecule has 0 radical (unpaired) electrons. The average Bonchev–Trinajstić information content (AvgIpc) is 2.86. The first-order chi connectivity index (χ1) is 6.29. The molecule has 0 saturated carbocycles. The van der Waals surface area contributed by atoms with Gasteiger partial charge in [0.2, 0.25) is 0 Å². The van der Waals surface area contributed by atoms with E-state index in [0.717, 1.165) is 0 Å². The van der Waals surface area contributed by atoms with Crippen molar-refractivity contribution in [1.82, 2.24) is 0 Å². The fourth-order valence-electron chi connectivity index (χ4n) is 0.985. The Morgan fingerprint density at radius 1 is 1.31 bits per heavy atom. The van der Waals surface area contributed by atoms with E-state index in [2.05, 4.69) is 19.9 Å². The summed E-state index contributed by atoms with van der Waals surface area (Å²) in [5.74, 6) is 2.36. The second kappa shape index (κ2) is 5.43. The van der Waals surface area contributed by atoms with Crippen LogP contribution in [0.4, 0.5) is 0 Å². The molecule has 1 heterocycles. The summed E-state index contributed by atoms with van der Waals surface area (Å²) in [6, 6.07) is 2.37. The molecule has 74 valence electrons. The molecule has 1 aliphatic rings. The lowest BCUT2D eigenvalue weighted by atomic mass is 10.5. The summed E-state index contributed by atoms with van der Waals surface area (Å²) < 4.78 is 0.209. The van der Waals surface area contributed by atoms with Gasteiger partial charge in [-0.15, -0.1) is 35.3 Å². The van der Waals surface area contributed by atoms with E-state index >= 15 is 0 Å². The average molecular weight is 233 g/mol. The third kappa shape index (κ3) is 3.00. The Kier molecular flexibility index (Phi) is 4.85. The number of hydrogen-bond acceptors (Lipinski definition) is 4. The Bertz CT molecular complexity index is 192. The first kappa shape index (κ1) is 11.6. The molecule has 0 aromatic heterocycles.